The predicted octanol–water partition coefficient (Wildman–Crippen LogP) is 0.450. The van der Waals surface area contributed by atoms with Crippen LogP contribution in [0.4, 0.5) is 0 Å². The average Bonchev–Trinajstić information content (AvgIpc) is 2.21. The summed E-state index contributed by atoms with van der Waals surface area (Å²) in [5.74, 6) is -0.569. The van der Waals surface area contributed by atoms with Crippen molar-refractivity contribution >= 4 is 11.9 Å². The van der Waals surface area contributed by atoms with Crippen molar-refractivity contribution in [2.24, 2.45) is 0 Å². The fourth-order valence-electron chi connectivity index (χ4n) is 1.97. The van der Waals surface area contributed by atoms with Crippen LogP contribution in [-0.2, 0) is 9.59 Å². The summed E-state index contributed by atoms with van der Waals surface area (Å²) in [4.78, 5) is 23.4. The molecular formula is C11H20N2O3. The van der Waals surface area contributed by atoms with Gasteiger partial charge < -0.3 is 15.3 Å². The van der Waals surface area contributed by atoms with Crippen LogP contribution in [0, 0.1) is 0 Å². The maximum atomic E-state index is 11.3. The largest absolute Gasteiger partial charge is 0.481 e. The Bertz CT molecular complexity index is 268. The molecular weight excluding hydrogens is 208 g/mol. The summed E-state index contributed by atoms with van der Waals surface area (Å²) in [6, 6.07) is 0.481. The zero-order chi connectivity index (χ0) is 12.1. The molecule has 0 aromatic rings. The molecule has 1 saturated heterocycles. The van der Waals surface area contributed by atoms with E-state index in [1.54, 1.807) is 11.9 Å². The highest BCUT2D eigenvalue weighted by atomic mass is 16.4. The molecule has 0 bridgehead atoms. The minimum atomic E-state index is -0.760. The quantitative estimate of drug-likeness (QED) is 0.717. The number of aliphatic carboxylic acids is 1. The number of rotatable bonds is 5. The fourth-order valence-corrected chi connectivity index (χ4v) is 1.97. The van der Waals surface area contributed by atoms with Gasteiger partial charge in [-0.05, 0) is 19.8 Å². The molecule has 16 heavy (non-hydrogen) atoms. The smallest absolute Gasteiger partial charge is 0.303 e. The molecule has 0 aromatic heterocycles. The molecule has 1 amide bonds. The van der Waals surface area contributed by atoms with Gasteiger partial charge in [0.05, 0.1) is 0 Å². The van der Waals surface area contributed by atoms with E-state index in [0.29, 0.717) is 18.9 Å². The highest BCUT2D eigenvalue weighted by molar-refractivity contribution is 5.76. The number of piperidine rings is 1. The third-order valence-electron chi connectivity index (χ3n) is 2.94. The van der Waals surface area contributed by atoms with Gasteiger partial charge in [0.15, 0.2) is 0 Å². The highest BCUT2D eigenvalue weighted by Gasteiger charge is 2.23. The second-order valence-electron chi connectivity index (χ2n) is 4.51. The van der Waals surface area contributed by atoms with Gasteiger partial charge in [0, 0.05) is 38.5 Å². The normalized spacial score (nSPS) is 23.2. The van der Waals surface area contributed by atoms with E-state index < -0.39 is 5.97 Å². The first-order valence-corrected chi connectivity index (χ1v) is 5.71. The summed E-state index contributed by atoms with van der Waals surface area (Å²) < 4.78 is 0. The first-order chi connectivity index (χ1) is 7.49. The number of carboxylic acid groups (broad SMARTS) is 1. The third kappa shape index (κ3) is 4.18. The van der Waals surface area contributed by atoms with Crippen molar-refractivity contribution in [2.45, 2.75) is 44.7 Å². The average molecular weight is 228 g/mol. The lowest BCUT2D eigenvalue weighted by Crippen LogP contribution is -2.49. The van der Waals surface area contributed by atoms with Crippen molar-refractivity contribution in [3.05, 3.63) is 0 Å². The van der Waals surface area contributed by atoms with Gasteiger partial charge in [-0.3, -0.25) is 9.59 Å². The Morgan fingerprint density at radius 1 is 1.69 bits per heavy atom. The van der Waals surface area contributed by atoms with Crippen LogP contribution in [0.3, 0.4) is 0 Å². The molecule has 0 saturated carbocycles. The van der Waals surface area contributed by atoms with E-state index in [1.807, 2.05) is 6.92 Å². The van der Waals surface area contributed by atoms with Crippen molar-refractivity contribution in [1.29, 1.82) is 0 Å². The lowest BCUT2D eigenvalue weighted by molar-refractivity contribution is -0.137. The van der Waals surface area contributed by atoms with Crippen molar-refractivity contribution in [2.75, 3.05) is 13.6 Å². The standard InChI is InChI=1S/C11H20N2O3/c1-8(3-6-11(15)16)12-9-4-5-10(14)13(2)7-9/h8-9,12H,3-7H2,1-2H3,(H,15,16). The molecule has 1 aliphatic heterocycles. The summed E-state index contributed by atoms with van der Waals surface area (Å²) in [6.45, 7) is 2.70. The van der Waals surface area contributed by atoms with E-state index in [2.05, 4.69) is 5.32 Å². The first kappa shape index (κ1) is 13.0. The minimum absolute atomic E-state index is 0.183. The van der Waals surface area contributed by atoms with Gasteiger partial charge in [0.1, 0.15) is 0 Å². The molecule has 5 heteroatoms. The maximum Gasteiger partial charge on any atom is 0.303 e. The van der Waals surface area contributed by atoms with Gasteiger partial charge in [0.2, 0.25) is 5.91 Å². The lowest BCUT2D eigenvalue weighted by atomic mass is 10.0. The van der Waals surface area contributed by atoms with Crippen LogP contribution in [0.2, 0.25) is 0 Å². The van der Waals surface area contributed by atoms with Crippen LogP contribution in [-0.4, -0.2) is 47.6 Å². The van der Waals surface area contributed by atoms with Crippen molar-refractivity contribution in [1.82, 2.24) is 10.2 Å². The van der Waals surface area contributed by atoms with Crippen molar-refractivity contribution in [3.63, 3.8) is 0 Å². The SMILES string of the molecule is CC(CCC(=O)O)NC1CCC(=O)N(C)C1. The van der Waals surface area contributed by atoms with E-state index in [9.17, 15) is 9.59 Å². The number of hydrogen-bond donors (Lipinski definition) is 2. The van der Waals surface area contributed by atoms with Gasteiger partial charge in [-0.15, -0.1) is 0 Å². The molecule has 0 radical (unpaired) electrons. The van der Waals surface area contributed by atoms with E-state index in [0.717, 1.165) is 13.0 Å². The molecule has 1 fully saturated rings. The zero-order valence-electron chi connectivity index (χ0n) is 9.90. The Morgan fingerprint density at radius 3 is 2.94 bits per heavy atom. The topological polar surface area (TPSA) is 69.6 Å². The van der Waals surface area contributed by atoms with Gasteiger partial charge >= 0.3 is 5.97 Å². The Labute approximate surface area is 95.8 Å². The minimum Gasteiger partial charge on any atom is -0.481 e. The molecule has 0 aliphatic carbocycles. The maximum absolute atomic E-state index is 11.3. The molecule has 1 aliphatic rings. The van der Waals surface area contributed by atoms with E-state index >= 15 is 0 Å². The van der Waals surface area contributed by atoms with Gasteiger partial charge in [-0.1, -0.05) is 0 Å². The Kier molecular flexibility index (Phi) is 4.73. The molecule has 92 valence electrons. The number of hydrogen-bond acceptors (Lipinski definition) is 3. The number of amides is 1. The Morgan fingerprint density at radius 2 is 2.38 bits per heavy atom. The van der Waals surface area contributed by atoms with Crippen LogP contribution in [0.1, 0.15) is 32.6 Å². The van der Waals surface area contributed by atoms with Crippen LogP contribution in [0.5, 0.6) is 0 Å². The summed E-state index contributed by atoms with van der Waals surface area (Å²) in [7, 11) is 1.80. The molecule has 0 spiro atoms. The first-order valence-electron chi connectivity index (χ1n) is 5.71. The Balaban J connectivity index is 2.26. The number of nitrogens with zero attached hydrogens (tertiary/aromatic N) is 1. The number of likely N-dealkylation sites (tertiary alicyclic amines) is 1. The number of carbonyl (C=O) groups is 2. The highest BCUT2D eigenvalue weighted by Crippen LogP contribution is 2.11. The second kappa shape index (κ2) is 5.84. The van der Waals surface area contributed by atoms with E-state index in [4.69, 9.17) is 5.11 Å². The van der Waals surface area contributed by atoms with Crippen LogP contribution >= 0.6 is 0 Å². The monoisotopic (exact) mass is 228 g/mol. The predicted molar refractivity (Wildman–Crippen MR) is 60.1 cm³/mol. The molecule has 1 heterocycles. The molecule has 1 rings (SSSR count). The molecule has 0 aromatic carbocycles. The number of carboxylic acids is 1. The number of likely N-dealkylation sites (N-methyl/N-ethyl adjacent to an activating group) is 1. The third-order valence-corrected chi connectivity index (χ3v) is 2.94. The molecule has 2 atom stereocenters. The van der Waals surface area contributed by atoms with Crippen molar-refractivity contribution < 1.29 is 14.7 Å². The second-order valence-corrected chi connectivity index (χ2v) is 4.51. The summed E-state index contributed by atoms with van der Waals surface area (Å²) in [6.07, 6.45) is 2.25. The fraction of sp³-hybridized carbons (Fsp3) is 0.818. The molecule has 2 unspecified atom stereocenters. The lowest BCUT2D eigenvalue weighted by Gasteiger charge is -2.32. The van der Waals surface area contributed by atoms with Gasteiger partial charge in [-0.2, -0.15) is 0 Å². The van der Waals surface area contributed by atoms with Crippen molar-refractivity contribution in [3.8, 4) is 0 Å². The van der Waals surface area contributed by atoms with E-state index in [1.165, 1.54) is 0 Å². The number of nitrogens with one attached hydrogen (secondary N) is 1. The van der Waals surface area contributed by atoms with Crippen LogP contribution in [0.15, 0.2) is 0 Å². The molecule has 5 nitrogen and oxygen atoms in total. The molecule has 2 N–H and O–H groups in total. The summed E-state index contributed by atoms with van der Waals surface area (Å²) in [5, 5.41) is 11.9. The zero-order valence-corrected chi connectivity index (χ0v) is 9.90. The number of carbonyl (C=O) groups excluding carboxylic acids is 1. The van der Waals surface area contributed by atoms with Gasteiger partial charge in [0.25, 0.3) is 0 Å². The van der Waals surface area contributed by atoms with Crippen LogP contribution in [0.25, 0.3) is 0 Å². The van der Waals surface area contributed by atoms with Gasteiger partial charge in [-0.25, -0.2) is 0 Å². The Hall–Kier alpha value is -1.10. The van der Waals surface area contributed by atoms with Crippen LogP contribution < -0.4 is 5.32 Å². The summed E-state index contributed by atoms with van der Waals surface area (Å²) >= 11 is 0. The summed E-state index contributed by atoms with van der Waals surface area (Å²) in [5.41, 5.74) is 0. The van der Waals surface area contributed by atoms with E-state index in [-0.39, 0.29) is 18.4 Å².